The number of halogens is 1. The van der Waals surface area contributed by atoms with Crippen LogP contribution in [0.5, 0.6) is 0 Å². The molecule has 2 atom stereocenters. The zero-order valence-electron chi connectivity index (χ0n) is 26.5. The second kappa shape index (κ2) is 14.6. The lowest BCUT2D eigenvalue weighted by molar-refractivity contribution is -0.292. The van der Waals surface area contributed by atoms with E-state index < -0.39 is 39.9 Å². The molecule has 1 aliphatic rings. The molecule has 0 bridgehead atoms. The summed E-state index contributed by atoms with van der Waals surface area (Å²) in [6.07, 6.45) is 3.34. The summed E-state index contributed by atoms with van der Waals surface area (Å²) in [6.45, 7) is 11.5. The molecule has 1 saturated heterocycles. The van der Waals surface area contributed by atoms with E-state index in [0.29, 0.717) is 28.9 Å². The van der Waals surface area contributed by atoms with Crippen molar-refractivity contribution in [1.29, 1.82) is 0 Å². The van der Waals surface area contributed by atoms with Gasteiger partial charge in [0.05, 0.1) is 43.4 Å². The zero-order valence-corrected chi connectivity index (χ0v) is 27.3. The van der Waals surface area contributed by atoms with E-state index in [1.165, 1.54) is 19.2 Å². The summed E-state index contributed by atoms with van der Waals surface area (Å²) in [7, 11) is -2.28. The fraction of sp³-hybridized carbons (Fsp3) is 0.548. The van der Waals surface area contributed by atoms with Crippen LogP contribution in [0.3, 0.4) is 0 Å². The highest BCUT2D eigenvalue weighted by molar-refractivity contribution is 7.92. The monoisotopic (exact) mass is 635 g/mol. The van der Waals surface area contributed by atoms with Crippen LogP contribution in [0.25, 0.3) is 17.3 Å². The Morgan fingerprint density at radius 2 is 1.82 bits per heavy atom. The molecule has 1 fully saturated rings. The molecular weight excluding hydrogens is 593 g/mol. The molecule has 0 N–H and O–H groups in total. The molecular formula is C31H42FN3O8S. The van der Waals surface area contributed by atoms with Crippen LogP contribution in [0.15, 0.2) is 30.3 Å². The van der Waals surface area contributed by atoms with Crippen LogP contribution in [-0.2, 0) is 33.8 Å². The van der Waals surface area contributed by atoms with Gasteiger partial charge in [-0.1, -0.05) is 39.8 Å². The molecule has 1 aromatic carbocycles. The van der Waals surface area contributed by atoms with Gasteiger partial charge in [0.25, 0.3) is 0 Å². The van der Waals surface area contributed by atoms with Gasteiger partial charge in [-0.25, -0.2) is 31.9 Å². The van der Waals surface area contributed by atoms with E-state index in [9.17, 15) is 22.4 Å². The Morgan fingerprint density at radius 1 is 1.16 bits per heavy atom. The Balaban J connectivity index is 1.92. The Labute approximate surface area is 258 Å². The van der Waals surface area contributed by atoms with E-state index in [2.05, 4.69) is 9.97 Å². The first kappa shape index (κ1) is 35.1. The number of anilines is 1. The number of esters is 1. The van der Waals surface area contributed by atoms with Gasteiger partial charge in [0.2, 0.25) is 16.0 Å². The van der Waals surface area contributed by atoms with Gasteiger partial charge in [0.1, 0.15) is 5.82 Å². The number of aromatic nitrogens is 2. The molecule has 0 spiro atoms. The van der Waals surface area contributed by atoms with Crippen molar-refractivity contribution in [1.82, 2.24) is 9.97 Å². The SMILES string of the molecule is CC(C)COC(=O)OC(=O)C[C@@H]1OC(C)(C)OCC1C/C=C/c1c(-c2ccc(F)cc2)nc(N(C)S(C)(=O)=O)nc1C(C)C. The van der Waals surface area contributed by atoms with Gasteiger partial charge in [0.15, 0.2) is 5.79 Å². The number of nitrogens with zero attached hydrogens (tertiary/aromatic N) is 3. The van der Waals surface area contributed by atoms with E-state index in [0.717, 1.165) is 10.6 Å². The normalized spacial score (nSPS) is 18.5. The summed E-state index contributed by atoms with van der Waals surface area (Å²) in [5.74, 6) is -2.44. The summed E-state index contributed by atoms with van der Waals surface area (Å²) in [5.41, 5.74) is 2.25. The molecule has 2 aromatic rings. The number of carbonyl (C=O) groups excluding carboxylic acids is 2. The molecule has 1 aromatic heterocycles. The number of hydrogen-bond donors (Lipinski definition) is 0. The first-order valence-corrected chi connectivity index (χ1v) is 16.3. The number of ether oxygens (including phenoxy) is 4. The molecule has 0 saturated carbocycles. The predicted octanol–water partition coefficient (Wildman–Crippen LogP) is 5.70. The molecule has 0 aliphatic carbocycles. The summed E-state index contributed by atoms with van der Waals surface area (Å²) >= 11 is 0. The third kappa shape index (κ3) is 9.80. The smallest absolute Gasteiger partial charge is 0.434 e. The third-order valence-corrected chi connectivity index (χ3v) is 7.99. The second-order valence-corrected chi connectivity index (χ2v) is 14.0. The van der Waals surface area contributed by atoms with Crippen molar-refractivity contribution in [3.63, 3.8) is 0 Å². The second-order valence-electron chi connectivity index (χ2n) is 12.0. The summed E-state index contributed by atoms with van der Waals surface area (Å²) in [6, 6.07) is 5.76. The predicted molar refractivity (Wildman–Crippen MR) is 164 cm³/mol. The van der Waals surface area contributed by atoms with Gasteiger partial charge in [-0.15, -0.1) is 0 Å². The number of rotatable bonds is 11. The minimum absolute atomic E-state index is 0.00511. The summed E-state index contributed by atoms with van der Waals surface area (Å²) in [5, 5.41) is 0. The van der Waals surface area contributed by atoms with Gasteiger partial charge in [0, 0.05) is 24.1 Å². The number of benzene rings is 1. The van der Waals surface area contributed by atoms with Crippen molar-refractivity contribution in [2.45, 2.75) is 72.2 Å². The maximum absolute atomic E-state index is 13.8. The minimum atomic E-state index is -3.65. The first-order chi connectivity index (χ1) is 20.5. The van der Waals surface area contributed by atoms with Crippen molar-refractivity contribution in [3.05, 3.63) is 47.4 Å². The molecule has 11 nitrogen and oxygen atoms in total. The molecule has 1 unspecified atom stereocenters. The van der Waals surface area contributed by atoms with E-state index in [4.69, 9.17) is 18.9 Å². The van der Waals surface area contributed by atoms with Crippen LogP contribution in [0.2, 0.25) is 0 Å². The Morgan fingerprint density at radius 3 is 2.41 bits per heavy atom. The molecule has 242 valence electrons. The van der Waals surface area contributed by atoms with E-state index >= 15 is 0 Å². The molecule has 0 amide bonds. The number of hydrogen-bond acceptors (Lipinski definition) is 10. The fourth-order valence-corrected chi connectivity index (χ4v) is 4.84. The Bertz CT molecular complexity index is 1460. The van der Waals surface area contributed by atoms with Crippen molar-refractivity contribution in [2.24, 2.45) is 11.8 Å². The standard InChI is InChI=1S/C31H42FN3O8S/c1-19(2)17-40-30(37)42-26(36)16-25-22(18-41-31(5,6)43-25)10-9-11-24-27(20(3)4)33-29(35(7)44(8,38)39)34-28(24)21-12-14-23(32)15-13-21/h9,11-15,19-20,22,25H,10,16-18H2,1-8H3/b11-9+/t22?,25-/m0/s1. The molecule has 44 heavy (non-hydrogen) atoms. The van der Waals surface area contributed by atoms with Gasteiger partial charge in [-0.3, -0.25) is 4.79 Å². The van der Waals surface area contributed by atoms with E-state index in [-0.39, 0.29) is 43.3 Å². The van der Waals surface area contributed by atoms with Crippen molar-refractivity contribution in [2.75, 3.05) is 30.8 Å². The Hall–Kier alpha value is -3.42. The number of carbonyl (C=O) groups is 2. The molecule has 3 rings (SSSR count). The van der Waals surface area contributed by atoms with Crippen LogP contribution in [0, 0.1) is 17.7 Å². The van der Waals surface area contributed by atoms with Gasteiger partial charge < -0.3 is 18.9 Å². The molecule has 13 heteroatoms. The van der Waals surface area contributed by atoms with Crippen LogP contribution >= 0.6 is 0 Å². The fourth-order valence-electron chi connectivity index (χ4n) is 4.46. The molecule has 2 heterocycles. The minimum Gasteiger partial charge on any atom is -0.434 e. The largest absolute Gasteiger partial charge is 0.516 e. The maximum Gasteiger partial charge on any atom is 0.516 e. The van der Waals surface area contributed by atoms with Crippen LogP contribution in [0.1, 0.15) is 71.6 Å². The highest BCUT2D eigenvalue weighted by Gasteiger charge is 2.38. The third-order valence-electron chi connectivity index (χ3n) is 6.84. The van der Waals surface area contributed by atoms with Gasteiger partial charge in [-0.2, -0.15) is 0 Å². The van der Waals surface area contributed by atoms with Gasteiger partial charge in [-0.05, 0) is 56.4 Å². The Kier molecular flexibility index (Phi) is 11.6. The highest BCUT2D eigenvalue weighted by Crippen LogP contribution is 2.34. The average Bonchev–Trinajstić information content (AvgIpc) is 2.92. The van der Waals surface area contributed by atoms with Crippen LogP contribution in [0.4, 0.5) is 15.1 Å². The maximum atomic E-state index is 13.8. The van der Waals surface area contributed by atoms with Crippen LogP contribution in [-0.4, -0.2) is 68.9 Å². The summed E-state index contributed by atoms with van der Waals surface area (Å²) in [4.78, 5) is 33.6. The van der Waals surface area contributed by atoms with Gasteiger partial charge >= 0.3 is 12.1 Å². The highest BCUT2D eigenvalue weighted by atomic mass is 32.2. The van der Waals surface area contributed by atoms with Crippen LogP contribution < -0.4 is 4.31 Å². The summed E-state index contributed by atoms with van der Waals surface area (Å²) < 4.78 is 61.1. The van der Waals surface area contributed by atoms with Crippen molar-refractivity contribution >= 4 is 34.2 Å². The lowest BCUT2D eigenvalue weighted by atomic mass is 9.93. The first-order valence-electron chi connectivity index (χ1n) is 14.4. The van der Waals surface area contributed by atoms with Crippen molar-refractivity contribution < 1.29 is 41.3 Å². The van der Waals surface area contributed by atoms with Crippen molar-refractivity contribution in [3.8, 4) is 11.3 Å². The lowest BCUT2D eigenvalue weighted by Gasteiger charge is -2.40. The van der Waals surface area contributed by atoms with E-state index in [1.54, 1.807) is 26.0 Å². The topological polar surface area (TPSA) is 134 Å². The molecule has 1 aliphatic heterocycles. The molecule has 0 radical (unpaired) electrons. The quantitative estimate of drug-likeness (QED) is 0.224. The van der Waals surface area contributed by atoms with E-state index in [1.807, 2.05) is 39.8 Å². The number of sulfonamides is 1. The lowest BCUT2D eigenvalue weighted by Crippen LogP contribution is -2.46. The number of allylic oxidation sites excluding steroid dienone is 1. The zero-order chi connectivity index (χ0) is 32.8. The average molecular weight is 636 g/mol.